The first kappa shape index (κ1) is 12.9. The minimum Gasteiger partial charge on any atom is -0.374 e. The normalized spacial score (nSPS) is 16.7. The van der Waals surface area contributed by atoms with E-state index in [0.717, 1.165) is 31.5 Å². The van der Waals surface area contributed by atoms with Crippen LogP contribution in [0.5, 0.6) is 0 Å². The van der Waals surface area contributed by atoms with E-state index in [-0.39, 0.29) is 17.8 Å². The molecule has 4 heteroatoms. The highest BCUT2D eigenvalue weighted by Crippen LogP contribution is 2.18. The number of halogens is 1. The number of carbonyl (C=O) groups is 1. The third kappa shape index (κ3) is 2.81. The lowest BCUT2D eigenvalue weighted by Crippen LogP contribution is -2.39. The lowest BCUT2D eigenvalue weighted by molar-refractivity contribution is -0.130. The number of anilines is 1. The quantitative estimate of drug-likeness (QED) is 0.894. The summed E-state index contributed by atoms with van der Waals surface area (Å²) in [5.74, 6) is -0.194. The summed E-state index contributed by atoms with van der Waals surface area (Å²) in [6.45, 7) is 5.40. The Morgan fingerprint density at radius 3 is 2.72 bits per heavy atom. The highest BCUT2D eigenvalue weighted by Gasteiger charge is 2.23. The Bertz CT molecular complexity index is 441. The molecule has 1 aromatic carbocycles. The van der Waals surface area contributed by atoms with E-state index in [1.54, 1.807) is 6.07 Å². The summed E-state index contributed by atoms with van der Waals surface area (Å²) in [6, 6.07) is 4.25. The van der Waals surface area contributed by atoms with Crippen LogP contribution in [0.2, 0.25) is 0 Å². The van der Waals surface area contributed by atoms with Gasteiger partial charge in [-0.1, -0.05) is 6.07 Å². The van der Waals surface area contributed by atoms with Crippen LogP contribution in [-0.4, -0.2) is 29.9 Å². The molecule has 0 bridgehead atoms. The topological polar surface area (TPSA) is 32.3 Å². The molecule has 1 aliphatic heterocycles. The smallest absolute Gasteiger partial charge is 0.244 e. The average molecular weight is 250 g/mol. The number of amides is 1. The van der Waals surface area contributed by atoms with E-state index in [1.165, 1.54) is 12.1 Å². The molecule has 0 radical (unpaired) electrons. The van der Waals surface area contributed by atoms with Crippen molar-refractivity contribution in [1.29, 1.82) is 0 Å². The molecule has 2 rings (SSSR count). The van der Waals surface area contributed by atoms with Gasteiger partial charge in [0.2, 0.25) is 5.91 Å². The third-order valence-electron chi connectivity index (χ3n) is 3.36. The predicted octanol–water partition coefficient (Wildman–Crippen LogP) is 2.56. The number of aryl methyl sites for hydroxylation is 1. The predicted molar refractivity (Wildman–Crippen MR) is 70.0 cm³/mol. The highest BCUT2D eigenvalue weighted by atomic mass is 19.1. The van der Waals surface area contributed by atoms with Crippen molar-refractivity contribution in [3.05, 3.63) is 29.6 Å². The van der Waals surface area contributed by atoms with Gasteiger partial charge in [0.1, 0.15) is 11.9 Å². The zero-order valence-corrected chi connectivity index (χ0v) is 10.9. The zero-order chi connectivity index (χ0) is 13.1. The van der Waals surface area contributed by atoms with Crippen LogP contribution in [-0.2, 0) is 4.79 Å². The van der Waals surface area contributed by atoms with Gasteiger partial charge in [0.15, 0.2) is 0 Å². The van der Waals surface area contributed by atoms with Gasteiger partial charge in [-0.15, -0.1) is 0 Å². The molecule has 1 aliphatic rings. The number of likely N-dealkylation sites (tertiary alicyclic amines) is 1. The summed E-state index contributed by atoms with van der Waals surface area (Å²) in [5.41, 5.74) is 1.63. The Hall–Kier alpha value is -1.58. The fourth-order valence-corrected chi connectivity index (χ4v) is 2.26. The van der Waals surface area contributed by atoms with Crippen molar-refractivity contribution in [2.75, 3.05) is 18.4 Å². The maximum atomic E-state index is 13.2. The largest absolute Gasteiger partial charge is 0.374 e. The van der Waals surface area contributed by atoms with Crippen LogP contribution in [0.4, 0.5) is 10.1 Å². The van der Waals surface area contributed by atoms with Gasteiger partial charge in [-0.3, -0.25) is 4.79 Å². The van der Waals surface area contributed by atoms with Gasteiger partial charge in [-0.25, -0.2) is 4.39 Å². The number of nitrogens with one attached hydrogen (secondary N) is 1. The Morgan fingerprint density at radius 2 is 2.06 bits per heavy atom. The summed E-state index contributed by atoms with van der Waals surface area (Å²) in [6.07, 6.45) is 2.16. The monoisotopic (exact) mass is 250 g/mol. The standard InChI is InChI=1S/C14H19FN2O/c1-10-5-6-12(15)9-13(10)16-11(2)14(18)17-7-3-4-8-17/h5-6,9,11,16H,3-4,7-8H2,1-2H3. The number of benzene rings is 1. The van der Waals surface area contributed by atoms with E-state index in [0.29, 0.717) is 5.69 Å². The minimum atomic E-state index is -0.316. The molecule has 1 N–H and O–H groups in total. The zero-order valence-electron chi connectivity index (χ0n) is 10.9. The van der Waals surface area contributed by atoms with E-state index >= 15 is 0 Å². The fraction of sp³-hybridized carbons (Fsp3) is 0.500. The average Bonchev–Trinajstić information content (AvgIpc) is 2.86. The van der Waals surface area contributed by atoms with Crippen molar-refractivity contribution in [3.8, 4) is 0 Å². The molecule has 0 saturated carbocycles. The number of carbonyl (C=O) groups excluding carboxylic acids is 1. The van der Waals surface area contributed by atoms with Crippen molar-refractivity contribution in [1.82, 2.24) is 4.90 Å². The molecule has 1 fully saturated rings. The van der Waals surface area contributed by atoms with Crippen molar-refractivity contribution in [2.45, 2.75) is 32.7 Å². The number of hydrogen-bond donors (Lipinski definition) is 1. The second kappa shape index (κ2) is 5.38. The van der Waals surface area contributed by atoms with E-state index in [1.807, 2.05) is 18.7 Å². The maximum absolute atomic E-state index is 13.2. The first-order chi connectivity index (χ1) is 8.58. The third-order valence-corrected chi connectivity index (χ3v) is 3.36. The van der Waals surface area contributed by atoms with Gasteiger partial charge >= 0.3 is 0 Å². The Morgan fingerprint density at radius 1 is 1.39 bits per heavy atom. The van der Waals surface area contributed by atoms with Crippen LogP contribution in [0.15, 0.2) is 18.2 Å². The number of nitrogens with zero attached hydrogens (tertiary/aromatic N) is 1. The van der Waals surface area contributed by atoms with Gasteiger partial charge in [-0.2, -0.15) is 0 Å². The molecule has 1 atom stereocenters. The van der Waals surface area contributed by atoms with Gasteiger partial charge in [0, 0.05) is 18.8 Å². The summed E-state index contributed by atoms with van der Waals surface area (Å²) in [7, 11) is 0. The van der Waals surface area contributed by atoms with Gasteiger partial charge in [-0.05, 0) is 44.4 Å². The lowest BCUT2D eigenvalue weighted by Gasteiger charge is -2.22. The van der Waals surface area contributed by atoms with E-state index in [9.17, 15) is 9.18 Å². The van der Waals surface area contributed by atoms with Gasteiger partial charge in [0.25, 0.3) is 0 Å². The van der Waals surface area contributed by atoms with Crippen LogP contribution >= 0.6 is 0 Å². The van der Waals surface area contributed by atoms with E-state index in [2.05, 4.69) is 5.32 Å². The minimum absolute atomic E-state index is 0.0937. The molecule has 1 amide bonds. The van der Waals surface area contributed by atoms with Gasteiger partial charge in [0.05, 0.1) is 0 Å². The highest BCUT2D eigenvalue weighted by molar-refractivity contribution is 5.84. The summed E-state index contributed by atoms with van der Waals surface area (Å²) >= 11 is 0. The van der Waals surface area contributed by atoms with Crippen molar-refractivity contribution >= 4 is 11.6 Å². The number of hydrogen-bond acceptors (Lipinski definition) is 2. The molecule has 0 spiro atoms. The van der Waals surface area contributed by atoms with Crippen LogP contribution < -0.4 is 5.32 Å². The van der Waals surface area contributed by atoms with Crippen molar-refractivity contribution < 1.29 is 9.18 Å². The van der Waals surface area contributed by atoms with E-state index < -0.39 is 0 Å². The van der Waals surface area contributed by atoms with Gasteiger partial charge < -0.3 is 10.2 Å². The van der Waals surface area contributed by atoms with E-state index in [4.69, 9.17) is 0 Å². The maximum Gasteiger partial charge on any atom is 0.244 e. The summed E-state index contributed by atoms with van der Waals surface area (Å²) in [5, 5.41) is 3.10. The lowest BCUT2D eigenvalue weighted by atomic mass is 10.1. The summed E-state index contributed by atoms with van der Waals surface area (Å²) in [4.78, 5) is 14.0. The van der Waals surface area contributed by atoms with Crippen LogP contribution in [0.1, 0.15) is 25.3 Å². The molecule has 1 heterocycles. The molecule has 3 nitrogen and oxygen atoms in total. The van der Waals surface area contributed by atoms with Crippen molar-refractivity contribution in [3.63, 3.8) is 0 Å². The van der Waals surface area contributed by atoms with Crippen molar-refractivity contribution in [2.24, 2.45) is 0 Å². The fourth-order valence-electron chi connectivity index (χ4n) is 2.26. The van der Waals surface area contributed by atoms with Crippen LogP contribution in [0.25, 0.3) is 0 Å². The number of rotatable bonds is 3. The molecule has 1 saturated heterocycles. The Labute approximate surface area is 107 Å². The first-order valence-corrected chi connectivity index (χ1v) is 6.39. The molecule has 18 heavy (non-hydrogen) atoms. The molecule has 0 aliphatic carbocycles. The first-order valence-electron chi connectivity index (χ1n) is 6.39. The second-order valence-electron chi connectivity index (χ2n) is 4.86. The van der Waals surface area contributed by atoms with Crippen LogP contribution in [0, 0.1) is 12.7 Å². The second-order valence-corrected chi connectivity index (χ2v) is 4.86. The Kier molecular flexibility index (Phi) is 3.84. The molecular formula is C14H19FN2O. The molecule has 98 valence electrons. The SMILES string of the molecule is Cc1ccc(F)cc1NC(C)C(=O)N1CCCC1. The molecule has 0 aromatic heterocycles. The molecular weight excluding hydrogens is 231 g/mol. The molecule has 1 unspecified atom stereocenters. The van der Waals surface area contributed by atoms with Crippen LogP contribution in [0.3, 0.4) is 0 Å². The summed E-state index contributed by atoms with van der Waals surface area (Å²) < 4.78 is 13.2. The Balaban J connectivity index is 2.03. The molecule has 1 aromatic rings.